The highest BCUT2D eigenvalue weighted by Gasteiger charge is 2.25. The molecule has 0 fully saturated rings. The maximum absolute atomic E-state index is 5.40. The highest BCUT2D eigenvalue weighted by Crippen LogP contribution is 2.33. The van der Waals surface area contributed by atoms with Gasteiger partial charge in [0.1, 0.15) is 5.75 Å². The second-order valence-corrected chi connectivity index (χ2v) is 5.50. The Balaban J connectivity index is 1.94. The van der Waals surface area contributed by atoms with Crippen LogP contribution in [0, 0.1) is 0 Å². The fourth-order valence-corrected chi connectivity index (χ4v) is 3.03. The fraction of sp³-hybridized carbons (Fsp3) is 0.333. The molecule has 2 aromatic carbocycles. The molecular formula is C18H21NO. The number of likely N-dealkylation sites (N-methyl/N-ethyl adjacent to an activating group) is 1. The molecule has 0 radical (unpaired) electrons. The Bertz CT molecular complexity index is 579. The number of benzene rings is 2. The second kappa shape index (κ2) is 5.68. The smallest absolute Gasteiger partial charge is 0.119 e. The summed E-state index contributed by atoms with van der Waals surface area (Å²) in [6, 6.07) is 17.7. The Hall–Kier alpha value is -1.80. The zero-order valence-corrected chi connectivity index (χ0v) is 12.2. The molecule has 1 atom stereocenters. The standard InChI is InChI=1S/C18H21NO/c1-19-11-10-15-8-9-16(20-2)13-17(15)18(19)12-14-6-4-3-5-7-14/h3-9,13,18H,10-12H2,1-2H3. The van der Waals surface area contributed by atoms with Crippen LogP contribution < -0.4 is 4.74 Å². The van der Waals surface area contributed by atoms with Gasteiger partial charge in [0.15, 0.2) is 0 Å². The van der Waals surface area contributed by atoms with Crippen LogP contribution in [0.25, 0.3) is 0 Å². The largest absolute Gasteiger partial charge is 0.497 e. The molecule has 0 spiro atoms. The van der Waals surface area contributed by atoms with Crippen LogP contribution in [0.2, 0.25) is 0 Å². The molecule has 0 N–H and O–H groups in total. The van der Waals surface area contributed by atoms with E-state index >= 15 is 0 Å². The van der Waals surface area contributed by atoms with E-state index in [2.05, 4.69) is 60.5 Å². The molecule has 1 aliphatic heterocycles. The number of hydrogen-bond acceptors (Lipinski definition) is 2. The molecule has 0 bridgehead atoms. The summed E-state index contributed by atoms with van der Waals surface area (Å²) in [5.74, 6) is 0.956. The van der Waals surface area contributed by atoms with Crippen LogP contribution in [0.15, 0.2) is 48.5 Å². The molecule has 1 unspecified atom stereocenters. The molecule has 2 nitrogen and oxygen atoms in total. The number of hydrogen-bond donors (Lipinski definition) is 0. The summed E-state index contributed by atoms with van der Waals surface area (Å²) in [4.78, 5) is 2.45. The van der Waals surface area contributed by atoms with Crippen molar-refractivity contribution in [2.24, 2.45) is 0 Å². The van der Waals surface area contributed by atoms with Gasteiger partial charge >= 0.3 is 0 Å². The molecule has 0 aliphatic carbocycles. The lowest BCUT2D eigenvalue weighted by atomic mass is 9.89. The Morgan fingerprint density at radius 2 is 1.95 bits per heavy atom. The highest BCUT2D eigenvalue weighted by molar-refractivity contribution is 5.40. The van der Waals surface area contributed by atoms with Crippen molar-refractivity contribution in [1.29, 1.82) is 0 Å². The van der Waals surface area contributed by atoms with Crippen molar-refractivity contribution >= 4 is 0 Å². The van der Waals surface area contributed by atoms with Gasteiger partial charge < -0.3 is 4.74 Å². The first-order chi connectivity index (χ1) is 9.78. The number of nitrogens with zero attached hydrogens (tertiary/aromatic N) is 1. The van der Waals surface area contributed by atoms with Gasteiger partial charge in [-0.1, -0.05) is 36.4 Å². The Morgan fingerprint density at radius 1 is 1.15 bits per heavy atom. The molecule has 0 saturated heterocycles. The highest BCUT2D eigenvalue weighted by atomic mass is 16.5. The van der Waals surface area contributed by atoms with E-state index in [0.717, 1.165) is 25.1 Å². The number of fused-ring (bicyclic) bond motifs is 1. The Labute approximate surface area is 121 Å². The maximum Gasteiger partial charge on any atom is 0.119 e. The van der Waals surface area contributed by atoms with Gasteiger partial charge in [0.2, 0.25) is 0 Å². The molecule has 2 aromatic rings. The Morgan fingerprint density at radius 3 is 2.70 bits per heavy atom. The van der Waals surface area contributed by atoms with Crippen molar-refractivity contribution in [3.05, 3.63) is 65.2 Å². The summed E-state index contributed by atoms with van der Waals surface area (Å²) in [5.41, 5.74) is 4.27. The summed E-state index contributed by atoms with van der Waals surface area (Å²) in [6.07, 6.45) is 2.18. The number of rotatable bonds is 3. The molecule has 104 valence electrons. The average molecular weight is 267 g/mol. The molecule has 0 aromatic heterocycles. The summed E-state index contributed by atoms with van der Waals surface area (Å²) in [7, 11) is 3.95. The van der Waals surface area contributed by atoms with Crippen LogP contribution >= 0.6 is 0 Å². The third-order valence-corrected chi connectivity index (χ3v) is 4.25. The van der Waals surface area contributed by atoms with Crippen LogP contribution in [-0.4, -0.2) is 25.6 Å². The lowest BCUT2D eigenvalue weighted by Gasteiger charge is -2.35. The summed E-state index contributed by atoms with van der Waals surface area (Å²) in [6.45, 7) is 1.12. The first-order valence-electron chi connectivity index (χ1n) is 7.19. The van der Waals surface area contributed by atoms with Gasteiger partial charge in [-0.2, -0.15) is 0 Å². The van der Waals surface area contributed by atoms with Gasteiger partial charge in [0, 0.05) is 12.6 Å². The second-order valence-electron chi connectivity index (χ2n) is 5.50. The zero-order valence-electron chi connectivity index (χ0n) is 12.2. The average Bonchev–Trinajstić information content (AvgIpc) is 2.51. The van der Waals surface area contributed by atoms with Gasteiger partial charge in [-0.3, -0.25) is 4.90 Å². The van der Waals surface area contributed by atoms with Crippen LogP contribution in [-0.2, 0) is 12.8 Å². The molecule has 0 amide bonds. The monoisotopic (exact) mass is 267 g/mol. The van der Waals surface area contributed by atoms with Crippen molar-refractivity contribution < 1.29 is 4.74 Å². The predicted molar refractivity (Wildman–Crippen MR) is 82.2 cm³/mol. The minimum Gasteiger partial charge on any atom is -0.497 e. The van der Waals surface area contributed by atoms with Crippen LogP contribution in [0.4, 0.5) is 0 Å². The van der Waals surface area contributed by atoms with Gasteiger partial charge in [-0.25, -0.2) is 0 Å². The molecule has 0 saturated carbocycles. The third-order valence-electron chi connectivity index (χ3n) is 4.25. The molecule has 1 heterocycles. The molecule has 20 heavy (non-hydrogen) atoms. The van der Waals surface area contributed by atoms with Crippen LogP contribution in [0.3, 0.4) is 0 Å². The van der Waals surface area contributed by atoms with Crippen molar-refractivity contribution in [2.75, 3.05) is 20.7 Å². The quantitative estimate of drug-likeness (QED) is 0.844. The topological polar surface area (TPSA) is 12.5 Å². The molecule has 1 aliphatic rings. The number of methoxy groups -OCH3 is 1. The maximum atomic E-state index is 5.40. The van der Waals surface area contributed by atoms with Crippen LogP contribution in [0.5, 0.6) is 5.75 Å². The lowest BCUT2D eigenvalue weighted by Crippen LogP contribution is -2.33. The molecule has 3 rings (SSSR count). The molecule has 2 heteroatoms. The van der Waals surface area contributed by atoms with E-state index in [9.17, 15) is 0 Å². The summed E-state index contributed by atoms with van der Waals surface area (Å²) < 4.78 is 5.40. The summed E-state index contributed by atoms with van der Waals surface area (Å²) >= 11 is 0. The van der Waals surface area contributed by atoms with E-state index < -0.39 is 0 Å². The van der Waals surface area contributed by atoms with E-state index in [0.29, 0.717) is 6.04 Å². The third kappa shape index (κ3) is 2.56. The van der Waals surface area contributed by atoms with E-state index in [1.807, 2.05) is 0 Å². The Kier molecular flexibility index (Phi) is 3.75. The van der Waals surface area contributed by atoms with E-state index in [4.69, 9.17) is 4.74 Å². The SMILES string of the molecule is COc1ccc2c(c1)C(Cc1ccccc1)N(C)CC2. The van der Waals surface area contributed by atoms with Gasteiger partial charge in [0.25, 0.3) is 0 Å². The summed E-state index contributed by atoms with van der Waals surface area (Å²) in [5, 5.41) is 0. The molecular weight excluding hydrogens is 246 g/mol. The van der Waals surface area contributed by atoms with E-state index in [-0.39, 0.29) is 0 Å². The lowest BCUT2D eigenvalue weighted by molar-refractivity contribution is 0.229. The first kappa shape index (κ1) is 13.2. The predicted octanol–water partition coefficient (Wildman–Crippen LogP) is 3.47. The zero-order chi connectivity index (χ0) is 13.9. The minimum atomic E-state index is 0.441. The fourth-order valence-electron chi connectivity index (χ4n) is 3.03. The number of ether oxygens (including phenoxy) is 1. The van der Waals surface area contributed by atoms with E-state index in [1.165, 1.54) is 16.7 Å². The van der Waals surface area contributed by atoms with Crippen molar-refractivity contribution in [1.82, 2.24) is 4.90 Å². The van der Waals surface area contributed by atoms with Crippen LogP contribution in [0.1, 0.15) is 22.7 Å². The minimum absolute atomic E-state index is 0.441. The normalized spacial score (nSPS) is 18.6. The van der Waals surface area contributed by atoms with Gasteiger partial charge in [0.05, 0.1) is 7.11 Å². The van der Waals surface area contributed by atoms with E-state index in [1.54, 1.807) is 7.11 Å². The van der Waals surface area contributed by atoms with Crippen molar-refractivity contribution in [2.45, 2.75) is 18.9 Å². The van der Waals surface area contributed by atoms with Crippen molar-refractivity contribution in [3.63, 3.8) is 0 Å². The van der Waals surface area contributed by atoms with Gasteiger partial charge in [-0.05, 0) is 48.7 Å². The van der Waals surface area contributed by atoms with Gasteiger partial charge in [-0.15, -0.1) is 0 Å². The van der Waals surface area contributed by atoms with Crippen molar-refractivity contribution in [3.8, 4) is 5.75 Å². The first-order valence-corrected chi connectivity index (χ1v) is 7.19.